The summed E-state index contributed by atoms with van der Waals surface area (Å²) >= 11 is 7.24. The summed E-state index contributed by atoms with van der Waals surface area (Å²) in [4.78, 5) is 22.3. The molecule has 8 nitrogen and oxygen atoms in total. The number of thiazole rings is 1. The molecule has 1 atom stereocenters. The maximum Gasteiger partial charge on any atom is 0.493 e. The van der Waals surface area contributed by atoms with Crippen molar-refractivity contribution in [2.45, 2.75) is 41.9 Å². The summed E-state index contributed by atoms with van der Waals surface area (Å²) in [6.07, 6.45) is -2.69. The molecule has 3 aromatic rings. The topological polar surface area (TPSA) is 83.1 Å². The highest BCUT2D eigenvalue weighted by Gasteiger charge is 2.51. The third-order valence-corrected chi connectivity index (χ3v) is 9.68. The molecule has 0 radical (unpaired) electrons. The lowest BCUT2D eigenvalue weighted by Gasteiger charge is -2.31. The van der Waals surface area contributed by atoms with Crippen molar-refractivity contribution in [3.8, 4) is 0 Å². The highest BCUT2D eigenvalue weighted by atomic mass is 35.5. The Balaban J connectivity index is 1.39. The predicted octanol–water partition coefficient (Wildman–Crippen LogP) is 5.35. The summed E-state index contributed by atoms with van der Waals surface area (Å²) in [5.41, 5.74) is 2.53. The number of likely N-dealkylation sites (tertiary alicyclic amines) is 1. The lowest BCUT2D eigenvalue weighted by Crippen LogP contribution is -2.39. The molecule has 1 aromatic heterocycles. The van der Waals surface area contributed by atoms with Gasteiger partial charge < -0.3 is 9.74 Å². The minimum atomic E-state index is -5.51. The van der Waals surface area contributed by atoms with Crippen LogP contribution in [0.15, 0.2) is 58.3 Å². The molecule has 2 aliphatic rings. The van der Waals surface area contributed by atoms with Crippen molar-refractivity contribution < 1.29 is 35.6 Å². The lowest BCUT2D eigenvalue weighted by molar-refractivity contribution is -0.199. The van der Waals surface area contributed by atoms with Gasteiger partial charge in [-0.05, 0) is 30.9 Å². The maximum atomic E-state index is 15.4. The Morgan fingerprint density at radius 1 is 1.23 bits per heavy atom. The predicted molar refractivity (Wildman–Crippen MR) is 141 cm³/mol. The van der Waals surface area contributed by atoms with Crippen molar-refractivity contribution in [1.82, 2.24) is 9.88 Å². The number of aromatic nitrogens is 1. The Bertz CT molecular complexity index is 1500. The molecule has 2 heterocycles. The summed E-state index contributed by atoms with van der Waals surface area (Å²) < 4.78 is 80.0. The van der Waals surface area contributed by atoms with E-state index >= 15 is 4.39 Å². The number of hydrogen-bond acceptors (Lipinski definition) is 8. The molecule has 1 saturated heterocycles. The molecule has 0 unspecified atom stereocenters. The smallest absolute Gasteiger partial charge is 0.369 e. The van der Waals surface area contributed by atoms with Crippen molar-refractivity contribution >= 4 is 50.4 Å². The molecular weight excluding hydrogens is 596 g/mol. The number of halogens is 5. The number of rotatable bonds is 8. The number of hydrogen-bond donors (Lipinski definition) is 0. The van der Waals surface area contributed by atoms with Crippen LogP contribution >= 0.6 is 22.9 Å². The van der Waals surface area contributed by atoms with Crippen LogP contribution < -0.4 is 9.37 Å². The minimum Gasteiger partial charge on any atom is -0.369 e. The third kappa shape index (κ3) is 5.24. The van der Waals surface area contributed by atoms with E-state index in [1.54, 1.807) is 11.9 Å². The van der Waals surface area contributed by atoms with E-state index in [2.05, 4.69) is 26.9 Å². The molecular formula is C25H23ClF4N4O4S2. The van der Waals surface area contributed by atoms with Crippen molar-refractivity contribution in [2.75, 3.05) is 29.5 Å². The monoisotopic (exact) mass is 618 g/mol. The van der Waals surface area contributed by atoms with Gasteiger partial charge in [-0.1, -0.05) is 46.4 Å². The van der Waals surface area contributed by atoms with Crippen LogP contribution in [0.25, 0.3) is 0 Å². The second kappa shape index (κ2) is 10.5. The largest absolute Gasteiger partial charge is 0.493 e. The van der Waals surface area contributed by atoms with E-state index in [0.29, 0.717) is 6.54 Å². The van der Waals surface area contributed by atoms with Crippen LogP contribution in [-0.4, -0.2) is 56.6 Å². The minimum absolute atomic E-state index is 0.0309. The number of alkyl halides is 3. The normalized spacial score (nSPS) is 18.9. The van der Waals surface area contributed by atoms with Gasteiger partial charge in [0.05, 0.1) is 16.2 Å². The average molecular weight is 619 g/mol. The first-order valence-corrected chi connectivity index (χ1v) is 14.9. The van der Waals surface area contributed by atoms with Crippen LogP contribution in [0.4, 0.5) is 29.1 Å². The van der Waals surface area contributed by atoms with Crippen LogP contribution in [-0.2, 0) is 25.2 Å². The zero-order valence-corrected chi connectivity index (χ0v) is 23.3. The van der Waals surface area contributed by atoms with Crippen molar-refractivity contribution in [1.29, 1.82) is 0 Å². The van der Waals surface area contributed by atoms with Gasteiger partial charge in [0.25, 0.3) is 10.0 Å². The Kier molecular flexibility index (Phi) is 7.48. The Morgan fingerprint density at radius 3 is 2.52 bits per heavy atom. The first-order valence-electron chi connectivity index (χ1n) is 12.1. The number of anilines is 2. The lowest BCUT2D eigenvalue weighted by atomic mass is 10.0. The number of carbonyl (C=O) groups is 1. The van der Waals surface area contributed by atoms with Crippen molar-refractivity contribution in [3.05, 3.63) is 69.8 Å². The molecule has 1 saturated carbocycles. The SMILES string of the molecule is CN(c1cc(F)c(S(=O)(=O)N(OC(=O)C(F)(F)F)c2cscn2)cc1Cl)[C@H]1CCN(C2(c3ccccc3)CC2)C1. The molecule has 1 aliphatic heterocycles. The summed E-state index contributed by atoms with van der Waals surface area (Å²) in [5, 5.41) is 0.877. The van der Waals surface area contributed by atoms with Gasteiger partial charge in [0.15, 0.2) is 5.82 Å². The molecule has 0 amide bonds. The zero-order chi connectivity index (χ0) is 28.9. The van der Waals surface area contributed by atoms with Gasteiger partial charge in [-0.3, -0.25) is 4.90 Å². The second-order valence-electron chi connectivity index (χ2n) is 9.59. The number of sulfonamides is 1. The Morgan fingerprint density at radius 2 is 1.93 bits per heavy atom. The van der Waals surface area contributed by atoms with E-state index in [4.69, 9.17) is 11.6 Å². The van der Waals surface area contributed by atoms with E-state index in [-0.39, 0.29) is 26.8 Å². The third-order valence-electron chi connectivity index (χ3n) is 7.23. The molecule has 2 aromatic carbocycles. The highest BCUT2D eigenvalue weighted by Crippen LogP contribution is 2.52. The van der Waals surface area contributed by atoms with Gasteiger partial charge in [0, 0.05) is 43.2 Å². The summed E-state index contributed by atoms with van der Waals surface area (Å²) in [6, 6.07) is 11.8. The van der Waals surface area contributed by atoms with Crippen molar-refractivity contribution in [2.24, 2.45) is 0 Å². The van der Waals surface area contributed by atoms with Crippen LogP contribution in [0.2, 0.25) is 5.02 Å². The van der Waals surface area contributed by atoms with E-state index in [1.807, 2.05) is 18.2 Å². The van der Waals surface area contributed by atoms with E-state index in [1.165, 1.54) is 5.56 Å². The first-order chi connectivity index (χ1) is 18.8. The first kappa shape index (κ1) is 28.6. The quantitative estimate of drug-likeness (QED) is 0.249. The van der Waals surface area contributed by atoms with Gasteiger partial charge >= 0.3 is 12.1 Å². The fourth-order valence-electron chi connectivity index (χ4n) is 5.02. The molecule has 5 rings (SSSR count). The molecule has 0 bridgehead atoms. The maximum absolute atomic E-state index is 15.4. The number of likely N-dealkylation sites (N-methyl/N-ethyl adjacent to an activating group) is 1. The molecule has 40 heavy (non-hydrogen) atoms. The highest BCUT2D eigenvalue weighted by molar-refractivity contribution is 7.92. The fourth-order valence-corrected chi connectivity index (χ4v) is 7.21. The molecule has 1 aliphatic carbocycles. The Hall–Kier alpha value is -2.94. The summed E-state index contributed by atoms with van der Waals surface area (Å²) in [6.45, 7) is 1.48. The van der Waals surface area contributed by atoms with Crippen LogP contribution in [0, 0.1) is 5.82 Å². The fraction of sp³-hybridized carbons (Fsp3) is 0.360. The van der Waals surface area contributed by atoms with Crippen LogP contribution in [0.1, 0.15) is 24.8 Å². The van der Waals surface area contributed by atoms with Gasteiger partial charge in [0.2, 0.25) is 0 Å². The summed E-state index contributed by atoms with van der Waals surface area (Å²) in [7, 11) is -3.48. The van der Waals surface area contributed by atoms with Gasteiger partial charge in [-0.2, -0.15) is 21.6 Å². The van der Waals surface area contributed by atoms with Gasteiger partial charge in [-0.25, -0.2) is 14.2 Å². The summed E-state index contributed by atoms with van der Waals surface area (Å²) in [5.74, 6) is -4.76. The molecule has 0 N–H and O–H groups in total. The molecule has 15 heteroatoms. The average Bonchev–Trinajstić information content (AvgIpc) is 3.29. The van der Waals surface area contributed by atoms with Gasteiger partial charge in [0.1, 0.15) is 10.7 Å². The van der Waals surface area contributed by atoms with E-state index < -0.39 is 38.7 Å². The standard InChI is InChI=1S/C25H23ClF4N4O4S2/c1-32(17-7-10-33(13-17)24(8-9-24)16-5-3-2-4-6-16)20-12-19(27)21(11-18(20)26)40(36,37)34(22-14-39-15-31-22)38-23(35)25(28,29)30/h2-6,11-12,14-15,17H,7-10,13H2,1H3/t17-/m0/s1. The number of benzene rings is 2. The molecule has 2 fully saturated rings. The number of nitrogens with zero attached hydrogens (tertiary/aromatic N) is 4. The zero-order valence-electron chi connectivity index (χ0n) is 20.9. The molecule has 214 valence electrons. The molecule has 0 spiro atoms. The van der Waals surface area contributed by atoms with Crippen LogP contribution in [0.3, 0.4) is 0 Å². The Labute approximate surface area is 236 Å². The van der Waals surface area contributed by atoms with E-state index in [0.717, 1.165) is 60.2 Å². The van der Waals surface area contributed by atoms with E-state index in [9.17, 15) is 26.4 Å². The van der Waals surface area contributed by atoms with Crippen LogP contribution in [0.5, 0.6) is 0 Å². The van der Waals surface area contributed by atoms with Gasteiger partial charge in [-0.15, -0.1) is 11.3 Å². The van der Waals surface area contributed by atoms with Crippen molar-refractivity contribution in [3.63, 3.8) is 0 Å². The number of carbonyl (C=O) groups excluding carboxylic acids is 1. The second-order valence-corrected chi connectivity index (χ2v) is 12.4.